The Hall–Kier alpha value is -2.96. The van der Waals surface area contributed by atoms with Crippen molar-refractivity contribution in [3.8, 4) is 5.75 Å². The quantitative estimate of drug-likeness (QED) is 0.337. The fourth-order valence-corrected chi connectivity index (χ4v) is 1.62. The number of nitrogens with zero attached hydrogens (tertiary/aromatic N) is 1. The number of carbonyl (C=O) groups is 1. The number of benzene rings is 1. The highest BCUT2D eigenvalue weighted by Gasteiger charge is 2.09. The van der Waals surface area contributed by atoms with Gasteiger partial charge in [0.15, 0.2) is 5.84 Å². The van der Waals surface area contributed by atoms with Crippen LogP contribution in [0.5, 0.6) is 5.75 Å². The van der Waals surface area contributed by atoms with E-state index in [9.17, 15) is 4.79 Å². The Morgan fingerprint density at radius 2 is 2.29 bits per heavy atom. The molecule has 0 aliphatic heterocycles. The third-order valence-electron chi connectivity index (χ3n) is 2.60. The third kappa shape index (κ3) is 4.00. The molecule has 1 heterocycles. The van der Waals surface area contributed by atoms with Crippen LogP contribution in [0.15, 0.2) is 46.2 Å². The standard InChI is InChI=1S/C14H15N3O4/c1-9-5-10(7-20-9)14(18)16-11-3-2-4-12(6-11)21-8-13(15)17-19/h2-7,19H,8H2,1H3,(H2,15,17)(H,16,18). The second kappa shape index (κ2) is 6.47. The third-order valence-corrected chi connectivity index (χ3v) is 2.60. The molecule has 0 radical (unpaired) electrons. The van der Waals surface area contributed by atoms with Crippen molar-refractivity contribution in [3.63, 3.8) is 0 Å². The van der Waals surface area contributed by atoms with E-state index in [0.717, 1.165) is 0 Å². The summed E-state index contributed by atoms with van der Waals surface area (Å²) in [5.41, 5.74) is 6.32. The van der Waals surface area contributed by atoms with Crippen LogP contribution in [-0.2, 0) is 0 Å². The molecule has 21 heavy (non-hydrogen) atoms. The summed E-state index contributed by atoms with van der Waals surface area (Å²) in [6, 6.07) is 8.42. The number of carbonyl (C=O) groups excluding carboxylic acids is 1. The number of furan rings is 1. The van der Waals surface area contributed by atoms with Crippen molar-refractivity contribution < 1.29 is 19.2 Å². The molecule has 0 spiro atoms. The number of rotatable bonds is 5. The van der Waals surface area contributed by atoms with Crippen LogP contribution in [0.1, 0.15) is 16.1 Å². The minimum Gasteiger partial charge on any atom is -0.485 e. The summed E-state index contributed by atoms with van der Waals surface area (Å²) in [5, 5.41) is 14.0. The van der Waals surface area contributed by atoms with E-state index >= 15 is 0 Å². The topological polar surface area (TPSA) is 110 Å². The van der Waals surface area contributed by atoms with Crippen LogP contribution >= 0.6 is 0 Å². The minimum atomic E-state index is -0.277. The molecule has 2 aromatic rings. The molecule has 1 aromatic carbocycles. The fraction of sp³-hybridized carbons (Fsp3) is 0.143. The van der Waals surface area contributed by atoms with E-state index in [2.05, 4.69) is 10.5 Å². The van der Waals surface area contributed by atoms with Gasteiger partial charge in [0.05, 0.1) is 5.56 Å². The zero-order valence-corrected chi connectivity index (χ0v) is 11.4. The summed E-state index contributed by atoms with van der Waals surface area (Å²) in [7, 11) is 0. The number of ether oxygens (including phenoxy) is 1. The summed E-state index contributed by atoms with van der Waals surface area (Å²) in [5.74, 6) is 0.831. The van der Waals surface area contributed by atoms with E-state index in [1.54, 1.807) is 37.3 Å². The van der Waals surface area contributed by atoms with E-state index in [1.807, 2.05) is 0 Å². The number of hydrogen-bond donors (Lipinski definition) is 3. The van der Waals surface area contributed by atoms with Crippen molar-refractivity contribution >= 4 is 17.4 Å². The molecule has 0 saturated carbocycles. The van der Waals surface area contributed by atoms with E-state index < -0.39 is 0 Å². The van der Waals surface area contributed by atoms with Crippen molar-refractivity contribution in [2.45, 2.75) is 6.92 Å². The second-order valence-electron chi connectivity index (χ2n) is 4.31. The van der Waals surface area contributed by atoms with Crippen LogP contribution in [0.3, 0.4) is 0 Å². The van der Waals surface area contributed by atoms with E-state index in [1.165, 1.54) is 6.26 Å². The minimum absolute atomic E-state index is 0.0432. The molecule has 1 aromatic heterocycles. The largest absolute Gasteiger partial charge is 0.485 e. The first kappa shape index (κ1) is 14.4. The van der Waals surface area contributed by atoms with Crippen molar-refractivity contribution in [2.24, 2.45) is 10.9 Å². The lowest BCUT2D eigenvalue weighted by Crippen LogP contribution is -2.20. The summed E-state index contributed by atoms with van der Waals surface area (Å²) in [4.78, 5) is 12.0. The monoisotopic (exact) mass is 289 g/mol. The lowest BCUT2D eigenvalue weighted by Gasteiger charge is -2.08. The zero-order chi connectivity index (χ0) is 15.2. The van der Waals surface area contributed by atoms with Gasteiger partial charge >= 0.3 is 0 Å². The number of oxime groups is 1. The predicted molar refractivity (Wildman–Crippen MR) is 76.7 cm³/mol. The maximum Gasteiger partial charge on any atom is 0.258 e. The van der Waals surface area contributed by atoms with E-state index in [-0.39, 0.29) is 18.3 Å². The molecule has 4 N–H and O–H groups in total. The van der Waals surface area contributed by atoms with Crippen LogP contribution in [-0.4, -0.2) is 23.6 Å². The van der Waals surface area contributed by atoms with Crippen LogP contribution < -0.4 is 15.8 Å². The summed E-state index contributed by atoms with van der Waals surface area (Å²) < 4.78 is 10.4. The summed E-state index contributed by atoms with van der Waals surface area (Å²) >= 11 is 0. The number of amides is 1. The Balaban J connectivity index is 2.02. The second-order valence-corrected chi connectivity index (χ2v) is 4.31. The molecule has 0 aliphatic rings. The molecular weight excluding hydrogens is 274 g/mol. The lowest BCUT2D eigenvalue weighted by molar-refractivity contribution is 0.102. The highest BCUT2D eigenvalue weighted by atomic mass is 16.5. The van der Waals surface area contributed by atoms with Gasteiger partial charge in [0.1, 0.15) is 24.4 Å². The van der Waals surface area contributed by atoms with E-state index in [0.29, 0.717) is 22.8 Å². The first-order valence-electron chi connectivity index (χ1n) is 6.14. The highest BCUT2D eigenvalue weighted by Crippen LogP contribution is 2.18. The molecule has 0 bridgehead atoms. The number of nitrogens with one attached hydrogen (secondary N) is 1. The van der Waals surface area contributed by atoms with Crippen molar-refractivity contribution in [1.82, 2.24) is 0 Å². The predicted octanol–water partition coefficient (Wildman–Crippen LogP) is 1.97. The van der Waals surface area contributed by atoms with Crippen molar-refractivity contribution in [2.75, 3.05) is 11.9 Å². The van der Waals surface area contributed by atoms with Gasteiger partial charge < -0.3 is 25.4 Å². The molecule has 1 amide bonds. The Bertz CT molecular complexity index is 664. The maximum absolute atomic E-state index is 12.0. The number of anilines is 1. The SMILES string of the molecule is Cc1cc(C(=O)Nc2cccc(OC/C(N)=N/O)c2)co1. The average molecular weight is 289 g/mol. The number of amidine groups is 1. The van der Waals surface area contributed by atoms with Crippen LogP contribution in [0.4, 0.5) is 5.69 Å². The van der Waals surface area contributed by atoms with Gasteiger partial charge in [0, 0.05) is 11.8 Å². The van der Waals surface area contributed by atoms with Crippen LogP contribution in [0.2, 0.25) is 0 Å². The van der Waals surface area contributed by atoms with E-state index in [4.69, 9.17) is 20.1 Å². The molecule has 2 rings (SSSR count). The van der Waals surface area contributed by atoms with Gasteiger partial charge in [-0.1, -0.05) is 11.2 Å². The van der Waals surface area contributed by atoms with Gasteiger partial charge in [-0.3, -0.25) is 4.79 Å². The molecule has 0 saturated heterocycles. The number of aryl methyl sites for hydroxylation is 1. The van der Waals surface area contributed by atoms with Gasteiger partial charge in [0.2, 0.25) is 0 Å². The molecular formula is C14H15N3O4. The molecule has 7 nitrogen and oxygen atoms in total. The Morgan fingerprint density at radius 1 is 1.48 bits per heavy atom. The average Bonchev–Trinajstić information content (AvgIpc) is 2.92. The Kier molecular flexibility index (Phi) is 4.45. The highest BCUT2D eigenvalue weighted by molar-refractivity contribution is 6.04. The zero-order valence-electron chi connectivity index (χ0n) is 11.4. The molecule has 110 valence electrons. The van der Waals surface area contributed by atoms with Gasteiger partial charge in [-0.15, -0.1) is 0 Å². The molecule has 0 aliphatic carbocycles. The first-order valence-corrected chi connectivity index (χ1v) is 6.14. The summed E-state index contributed by atoms with van der Waals surface area (Å²) in [6.45, 7) is 1.72. The van der Waals surface area contributed by atoms with Gasteiger partial charge in [-0.25, -0.2) is 0 Å². The maximum atomic E-state index is 12.0. The van der Waals surface area contributed by atoms with Crippen LogP contribution in [0.25, 0.3) is 0 Å². The molecule has 0 fully saturated rings. The Labute approximate surface area is 121 Å². The summed E-state index contributed by atoms with van der Waals surface area (Å²) in [6.07, 6.45) is 1.39. The molecule has 7 heteroatoms. The molecule has 0 unspecified atom stereocenters. The van der Waals surface area contributed by atoms with Crippen molar-refractivity contribution in [3.05, 3.63) is 47.9 Å². The Morgan fingerprint density at radius 3 is 2.95 bits per heavy atom. The smallest absolute Gasteiger partial charge is 0.258 e. The van der Waals surface area contributed by atoms with Gasteiger partial charge in [-0.2, -0.15) is 0 Å². The van der Waals surface area contributed by atoms with Crippen molar-refractivity contribution in [1.29, 1.82) is 0 Å². The van der Waals surface area contributed by atoms with Gasteiger partial charge in [0.25, 0.3) is 5.91 Å². The fourth-order valence-electron chi connectivity index (χ4n) is 1.62. The first-order chi connectivity index (χ1) is 10.1. The van der Waals surface area contributed by atoms with Crippen LogP contribution in [0, 0.1) is 6.92 Å². The normalized spacial score (nSPS) is 11.2. The number of hydrogen-bond acceptors (Lipinski definition) is 5. The molecule has 0 atom stereocenters. The number of nitrogens with two attached hydrogens (primary N) is 1. The lowest BCUT2D eigenvalue weighted by atomic mass is 10.2. The van der Waals surface area contributed by atoms with Gasteiger partial charge in [-0.05, 0) is 25.1 Å².